The van der Waals surface area contributed by atoms with Crippen LogP contribution in [-0.2, 0) is 13.0 Å². The molecule has 122 valence electrons. The molecule has 1 aromatic carbocycles. The molecule has 1 aromatic heterocycles. The molecule has 2 amide bonds. The molecule has 23 heavy (non-hydrogen) atoms. The smallest absolute Gasteiger partial charge is 0.315 e. The van der Waals surface area contributed by atoms with Crippen molar-refractivity contribution in [3.05, 3.63) is 53.6 Å². The van der Waals surface area contributed by atoms with Crippen LogP contribution in [-0.4, -0.2) is 22.1 Å². The van der Waals surface area contributed by atoms with Crippen molar-refractivity contribution in [3.63, 3.8) is 0 Å². The first-order valence-electron chi connectivity index (χ1n) is 8.23. The lowest BCUT2D eigenvalue weighted by Crippen LogP contribution is -2.39. The van der Waals surface area contributed by atoms with Crippen molar-refractivity contribution in [1.82, 2.24) is 20.2 Å². The van der Waals surface area contributed by atoms with E-state index < -0.39 is 0 Å². The minimum absolute atomic E-state index is 0.0816. The average Bonchev–Trinajstić information content (AvgIpc) is 3.13. The largest absolute Gasteiger partial charge is 0.338 e. The van der Waals surface area contributed by atoms with E-state index in [2.05, 4.69) is 47.7 Å². The van der Waals surface area contributed by atoms with E-state index in [1.165, 1.54) is 16.7 Å². The third-order valence-electron chi connectivity index (χ3n) is 4.47. The highest BCUT2D eigenvalue weighted by Gasteiger charge is 2.30. The van der Waals surface area contributed by atoms with Gasteiger partial charge in [0.05, 0.1) is 12.4 Å². The molecule has 5 nitrogen and oxygen atoms in total. The quantitative estimate of drug-likeness (QED) is 0.834. The predicted molar refractivity (Wildman–Crippen MR) is 90.2 cm³/mol. The average molecular weight is 312 g/mol. The number of hydrogen-bond acceptors (Lipinski definition) is 2. The molecule has 0 bridgehead atoms. The van der Waals surface area contributed by atoms with Crippen LogP contribution in [0.4, 0.5) is 4.79 Å². The van der Waals surface area contributed by atoms with Crippen LogP contribution in [0.3, 0.4) is 0 Å². The molecule has 0 radical (unpaired) electrons. The van der Waals surface area contributed by atoms with E-state index in [1.807, 2.05) is 10.8 Å². The Labute approximate surface area is 137 Å². The van der Waals surface area contributed by atoms with E-state index in [0.29, 0.717) is 12.5 Å². The van der Waals surface area contributed by atoms with Gasteiger partial charge in [0.15, 0.2) is 0 Å². The van der Waals surface area contributed by atoms with Crippen LogP contribution in [0.15, 0.2) is 36.9 Å². The molecule has 2 aromatic rings. The third-order valence-corrected chi connectivity index (χ3v) is 4.47. The van der Waals surface area contributed by atoms with E-state index in [1.54, 1.807) is 12.5 Å². The predicted octanol–water partition coefficient (Wildman–Crippen LogP) is 2.81. The summed E-state index contributed by atoms with van der Waals surface area (Å²) in [5.74, 6) is 0.434. The summed E-state index contributed by atoms with van der Waals surface area (Å²) in [7, 11) is 0. The first kappa shape index (κ1) is 15.6. The molecule has 0 fully saturated rings. The van der Waals surface area contributed by atoms with Gasteiger partial charge in [-0.2, -0.15) is 0 Å². The highest BCUT2D eigenvalue weighted by molar-refractivity contribution is 5.74. The van der Waals surface area contributed by atoms with Gasteiger partial charge in [-0.25, -0.2) is 9.78 Å². The lowest BCUT2D eigenvalue weighted by Gasteiger charge is -2.19. The van der Waals surface area contributed by atoms with Crippen LogP contribution in [0.25, 0.3) is 0 Å². The fourth-order valence-corrected chi connectivity index (χ4v) is 3.26. The van der Waals surface area contributed by atoms with Gasteiger partial charge in [-0.05, 0) is 36.8 Å². The summed E-state index contributed by atoms with van der Waals surface area (Å²) < 4.78 is 2.01. The fraction of sp³-hybridized carbons (Fsp3) is 0.444. The topological polar surface area (TPSA) is 59.0 Å². The van der Waals surface area contributed by atoms with Crippen molar-refractivity contribution in [1.29, 1.82) is 0 Å². The lowest BCUT2D eigenvalue weighted by atomic mass is 10.0. The second kappa shape index (κ2) is 6.86. The molecule has 0 saturated heterocycles. The summed E-state index contributed by atoms with van der Waals surface area (Å²) >= 11 is 0. The molecule has 0 spiro atoms. The number of benzene rings is 1. The van der Waals surface area contributed by atoms with Gasteiger partial charge in [0.2, 0.25) is 0 Å². The summed E-state index contributed by atoms with van der Waals surface area (Å²) in [6, 6.07) is 6.55. The Hall–Kier alpha value is -2.30. The standard InChI is InChI=1S/C18H24N4O/c1-13-4-5-15-11-14(2)17(16(15)10-13)21-18(23)20-6-3-8-22-9-7-19-12-22/h4-5,7,9-10,12,14,17H,3,6,8,11H2,1-2H3,(H2,20,21,23)/t14-,17-/m1/s1. The second-order valence-corrected chi connectivity index (χ2v) is 6.42. The van der Waals surface area contributed by atoms with Crippen LogP contribution >= 0.6 is 0 Å². The molecular formula is C18H24N4O. The first-order chi connectivity index (χ1) is 11.1. The lowest BCUT2D eigenvalue weighted by molar-refractivity contribution is 0.233. The Morgan fingerprint density at radius 1 is 1.43 bits per heavy atom. The highest BCUT2D eigenvalue weighted by atomic mass is 16.2. The maximum Gasteiger partial charge on any atom is 0.315 e. The molecule has 5 heteroatoms. The van der Waals surface area contributed by atoms with Crippen molar-refractivity contribution in [3.8, 4) is 0 Å². The van der Waals surface area contributed by atoms with Crippen LogP contribution in [0.5, 0.6) is 0 Å². The number of imidazole rings is 1. The summed E-state index contributed by atoms with van der Waals surface area (Å²) in [6.07, 6.45) is 7.40. The second-order valence-electron chi connectivity index (χ2n) is 6.42. The van der Waals surface area contributed by atoms with Gasteiger partial charge in [0.25, 0.3) is 0 Å². The Morgan fingerprint density at radius 2 is 2.30 bits per heavy atom. The van der Waals surface area contributed by atoms with Gasteiger partial charge >= 0.3 is 6.03 Å². The number of fused-ring (bicyclic) bond motifs is 1. The van der Waals surface area contributed by atoms with Crippen molar-refractivity contribution in [2.24, 2.45) is 5.92 Å². The summed E-state index contributed by atoms with van der Waals surface area (Å²) in [5.41, 5.74) is 3.87. The molecule has 1 aliphatic carbocycles. The Morgan fingerprint density at radius 3 is 3.09 bits per heavy atom. The Balaban J connectivity index is 1.49. The number of carbonyl (C=O) groups is 1. The number of urea groups is 1. The number of nitrogens with zero attached hydrogens (tertiary/aromatic N) is 2. The van der Waals surface area contributed by atoms with Gasteiger partial charge in [-0.1, -0.05) is 30.7 Å². The van der Waals surface area contributed by atoms with Gasteiger partial charge in [-0.3, -0.25) is 0 Å². The van der Waals surface area contributed by atoms with Crippen LogP contribution in [0, 0.1) is 12.8 Å². The van der Waals surface area contributed by atoms with Crippen LogP contribution in [0.2, 0.25) is 0 Å². The molecule has 3 rings (SSSR count). The van der Waals surface area contributed by atoms with Crippen molar-refractivity contribution >= 4 is 6.03 Å². The zero-order valence-electron chi connectivity index (χ0n) is 13.7. The molecule has 2 atom stereocenters. The summed E-state index contributed by atoms with van der Waals surface area (Å²) in [4.78, 5) is 16.2. The van der Waals surface area contributed by atoms with Crippen molar-refractivity contribution in [2.75, 3.05) is 6.54 Å². The number of rotatable bonds is 5. The molecule has 0 unspecified atom stereocenters. The zero-order valence-corrected chi connectivity index (χ0v) is 13.7. The maximum absolute atomic E-state index is 12.2. The SMILES string of the molecule is Cc1ccc2c(c1)[C@H](NC(=O)NCCCn1ccnc1)[C@H](C)C2. The molecule has 0 aliphatic heterocycles. The number of aromatic nitrogens is 2. The summed E-state index contributed by atoms with van der Waals surface area (Å²) in [6.45, 7) is 5.81. The number of hydrogen-bond donors (Lipinski definition) is 2. The summed E-state index contributed by atoms with van der Waals surface area (Å²) in [5, 5.41) is 6.09. The monoisotopic (exact) mass is 312 g/mol. The van der Waals surface area contributed by atoms with Crippen molar-refractivity contribution in [2.45, 2.75) is 39.3 Å². The first-order valence-corrected chi connectivity index (χ1v) is 8.23. The third kappa shape index (κ3) is 3.73. The van der Waals surface area contributed by atoms with Crippen LogP contribution < -0.4 is 10.6 Å². The molecule has 1 heterocycles. The molecule has 2 N–H and O–H groups in total. The van der Waals surface area contributed by atoms with E-state index in [9.17, 15) is 4.79 Å². The highest BCUT2D eigenvalue weighted by Crippen LogP contribution is 2.36. The molecular weight excluding hydrogens is 288 g/mol. The van der Waals surface area contributed by atoms with Gasteiger partial charge in [-0.15, -0.1) is 0 Å². The minimum atomic E-state index is -0.0816. The molecule has 0 saturated carbocycles. The number of aryl methyl sites for hydroxylation is 2. The van der Waals surface area contributed by atoms with Crippen molar-refractivity contribution < 1.29 is 4.79 Å². The zero-order chi connectivity index (χ0) is 16.2. The number of amides is 2. The van der Waals surface area contributed by atoms with Gasteiger partial charge < -0.3 is 15.2 Å². The van der Waals surface area contributed by atoms with E-state index in [0.717, 1.165) is 19.4 Å². The van der Waals surface area contributed by atoms with Crippen LogP contribution in [0.1, 0.15) is 36.1 Å². The minimum Gasteiger partial charge on any atom is -0.338 e. The normalized spacial score (nSPS) is 19.4. The maximum atomic E-state index is 12.2. The van der Waals surface area contributed by atoms with E-state index >= 15 is 0 Å². The van der Waals surface area contributed by atoms with E-state index in [-0.39, 0.29) is 12.1 Å². The number of nitrogens with one attached hydrogen (secondary N) is 2. The fourth-order valence-electron chi connectivity index (χ4n) is 3.26. The van der Waals surface area contributed by atoms with Gasteiger partial charge in [0.1, 0.15) is 0 Å². The van der Waals surface area contributed by atoms with E-state index in [4.69, 9.17) is 0 Å². The van der Waals surface area contributed by atoms with Gasteiger partial charge in [0, 0.05) is 25.5 Å². The Kier molecular flexibility index (Phi) is 4.65. The molecule has 1 aliphatic rings. The number of carbonyl (C=O) groups excluding carboxylic acids is 1. The Bertz CT molecular complexity index is 666.